The molecule has 94 valence electrons. The van der Waals surface area contributed by atoms with Crippen molar-refractivity contribution < 1.29 is 0 Å². The molecule has 0 amide bonds. The van der Waals surface area contributed by atoms with Crippen LogP contribution in [-0.4, -0.2) is 37.1 Å². The fourth-order valence-electron chi connectivity index (χ4n) is 3.01. The van der Waals surface area contributed by atoms with Crippen molar-refractivity contribution in [3.63, 3.8) is 0 Å². The van der Waals surface area contributed by atoms with Crippen LogP contribution >= 0.6 is 0 Å². The molecule has 1 aliphatic heterocycles. The summed E-state index contributed by atoms with van der Waals surface area (Å²) in [5.74, 6) is 0.800. The maximum atomic E-state index is 3.85. The molecule has 0 aromatic carbocycles. The zero-order chi connectivity index (χ0) is 11.8. The Hall–Kier alpha value is -0.0800. The van der Waals surface area contributed by atoms with Gasteiger partial charge in [-0.3, -0.25) is 0 Å². The normalized spacial score (nSPS) is 38.6. The van der Waals surface area contributed by atoms with Crippen LogP contribution in [0.5, 0.6) is 0 Å². The topological polar surface area (TPSA) is 15.3 Å². The summed E-state index contributed by atoms with van der Waals surface area (Å²) < 4.78 is 0. The van der Waals surface area contributed by atoms with Crippen molar-refractivity contribution in [3.8, 4) is 0 Å². The molecule has 2 rings (SSSR count). The third-order valence-corrected chi connectivity index (χ3v) is 5.06. The molecule has 0 bridgehead atoms. The van der Waals surface area contributed by atoms with Crippen LogP contribution in [0.25, 0.3) is 0 Å². The fourth-order valence-corrected chi connectivity index (χ4v) is 3.01. The Morgan fingerprint density at radius 2 is 2.00 bits per heavy atom. The van der Waals surface area contributed by atoms with Crippen LogP contribution in [-0.2, 0) is 0 Å². The van der Waals surface area contributed by atoms with Gasteiger partial charge in [-0.2, -0.15) is 0 Å². The predicted octanol–water partition coefficient (Wildman–Crippen LogP) is 2.49. The Labute approximate surface area is 101 Å². The second-order valence-corrected chi connectivity index (χ2v) is 6.34. The van der Waals surface area contributed by atoms with Gasteiger partial charge in [-0.1, -0.05) is 13.8 Å². The van der Waals surface area contributed by atoms with E-state index in [1.807, 2.05) is 0 Å². The maximum absolute atomic E-state index is 3.85. The average molecular weight is 224 g/mol. The third kappa shape index (κ3) is 2.60. The van der Waals surface area contributed by atoms with Crippen LogP contribution in [0.2, 0.25) is 0 Å². The minimum atomic E-state index is 0.687. The van der Waals surface area contributed by atoms with Crippen LogP contribution in [0.1, 0.15) is 46.5 Å². The summed E-state index contributed by atoms with van der Waals surface area (Å²) in [6.45, 7) is 9.60. The van der Waals surface area contributed by atoms with E-state index < -0.39 is 0 Å². The monoisotopic (exact) mass is 224 g/mol. The molecule has 2 fully saturated rings. The molecular formula is C14H28N2. The lowest BCUT2D eigenvalue weighted by Gasteiger charge is -2.40. The summed E-state index contributed by atoms with van der Waals surface area (Å²) in [6.07, 6.45) is 5.58. The van der Waals surface area contributed by atoms with Crippen LogP contribution in [0.4, 0.5) is 0 Å². The first-order chi connectivity index (χ1) is 7.56. The summed E-state index contributed by atoms with van der Waals surface area (Å²) in [7, 11) is 2.26. The van der Waals surface area contributed by atoms with Crippen LogP contribution in [0.15, 0.2) is 0 Å². The van der Waals surface area contributed by atoms with Gasteiger partial charge in [0.05, 0.1) is 0 Å². The first kappa shape index (κ1) is 12.4. The Bertz CT molecular complexity index is 235. The minimum Gasteiger partial charge on any atom is -0.313 e. The van der Waals surface area contributed by atoms with E-state index in [0.29, 0.717) is 5.41 Å². The van der Waals surface area contributed by atoms with Gasteiger partial charge in [0.1, 0.15) is 0 Å². The molecule has 0 spiro atoms. The highest BCUT2D eigenvalue weighted by Crippen LogP contribution is 2.48. The van der Waals surface area contributed by atoms with Gasteiger partial charge in [0, 0.05) is 25.2 Å². The lowest BCUT2D eigenvalue weighted by Crippen LogP contribution is -2.51. The van der Waals surface area contributed by atoms with Gasteiger partial charge in [0.2, 0.25) is 0 Å². The largest absolute Gasteiger partial charge is 0.313 e. The predicted molar refractivity (Wildman–Crippen MR) is 69.6 cm³/mol. The number of likely N-dealkylation sites (tertiary alicyclic amines) is 1. The molecule has 1 saturated heterocycles. The second-order valence-electron chi connectivity index (χ2n) is 6.34. The highest BCUT2D eigenvalue weighted by Gasteiger charge is 2.41. The molecule has 16 heavy (non-hydrogen) atoms. The number of rotatable bonds is 4. The number of hydrogen-bond acceptors (Lipinski definition) is 2. The van der Waals surface area contributed by atoms with Crippen LogP contribution in [0.3, 0.4) is 0 Å². The molecule has 1 saturated carbocycles. The zero-order valence-corrected chi connectivity index (χ0v) is 11.4. The Morgan fingerprint density at radius 1 is 1.31 bits per heavy atom. The van der Waals surface area contributed by atoms with E-state index in [-0.39, 0.29) is 0 Å². The smallest absolute Gasteiger partial charge is 0.0120 e. The van der Waals surface area contributed by atoms with Crippen LogP contribution in [0, 0.1) is 11.3 Å². The quantitative estimate of drug-likeness (QED) is 0.789. The lowest BCUT2D eigenvalue weighted by atomic mass is 9.89. The van der Waals surface area contributed by atoms with Crippen molar-refractivity contribution >= 4 is 0 Å². The summed E-state index contributed by atoms with van der Waals surface area (Å²) >= 11 is 0. The van der Waals surface area contributed by atoms with Gasteiger partial charge in [0.15, 0.2) is 0 Å². The molecular weight excluding hydrogens is 196 g/mol. The molecule has 0 aromatic heterocycles. The molecule has 0 radical (unpaired) electrons. The highest BCUT2D eigenvalue weighted by atomic mass is 15.2. The van der Waals surface area contributed by atoms with E-state index in [2.05, 4.69) is 38.0 Å². The number of nitrogens with one attached hydrogen (secondary N) is 1. The molecule has 0 aromatic rings. The van der Waals surface area contributed by atoms with E-state index in [4.69, 9.17) is 0 Å². The maximum Gasteiger partial charge on any atom is 0.0120 e. The standard InChI is InChI=1S/C14H28N2/c1-5-14(6-7-14)10-15-13-8-12(3)16(4)9-11(13)2/h11-13,15H,5-10H2,1-4H3. The summed E-state index contributed by atoms with van der Waals surface area (Å²) in [4.78, 5) is 2.50. The molecule has 1 heterocycles. The van der Waals surface area contributed by atoms with Crippen molar-refractivity contribution in [2.45, 2.75) is 58.5 Å². The van der Waals surface area contributed by atoms with Gasteiger partial charge < -0.3 is 10.2 Å². The van der Waals surface area contributed by atoms with Crippen molar-refractivity contribution in [2.75, 3.05) is 20.1 Å². The van der Waals surface area contributed by atoms with Gasteiger partial charge >= 0.3 is 0 Å². The SMILES string of the molecule is CCC1(CNC2CC(C)N(C)CC2C)CC1. The minimum absolute atomic E-state index is 0.687. The van der Waals surface area contributed by atoms with E-state index >= 15 is 0 Å². The number of hydrogen-bond donors (Lipinski definition) is 1. The van der Waals surface area contributed by atoms with Gasteiger partial charge in [-0.05, 0) is 51.0 Å². The summed E-state index contributed by atoms with van der Waals surface area (Å²) in [6, 6.07) is 1.49. The third-order valence-electron chi connectivity index (χ3n) is 5.06. The highest BCUT2D eigenvalue weighted by molar-refractivity contribution is 4.96. The average Bonchev–Trinajstić information content (AvgIpc) is 3.02. The molecule has 1 aliphatic carbocycles. The van der Waals surface area contributed by atoms with E-state index in [0.717, 1.165) is 18.0 Å². The van der Waals surface area contributed by atoms with E-state index in [1.165, 1.54) is 38.8 Å². The zero-order valence-electron chi connectivity index (χ0n) is 11.4. The van der Waals surface area contributed by atoms with Crippen molar-refractivity contribution in [3.05, 3.63) is 0 Å². The first-order valence-corrected chi connectivity index (χ1v) is 7.00. The van der Waals surface area contributed by atoms with Crippen molar-refractivity contribution in [1.82, 2.24) is 10.2 Å². The number of nitrogens with zero attached hydrogens (tertiary/aromatic N) is 1. The van der Waals surface area contributed by atoms with E-state index in [9.17, 15) is 0 Å². The first-order valence-electron chi connectivity index (χ1n) is 7.00. The Kier molecular flexibility index (Phi) is 3.60. The molecule has 3 unspecified atom stereocenters. The summed E-state index contributed by atoms with van der Waals surface area (Å²) in [5.41, 5.74) is 0.687. The Morgan fingerprint density at radius 3 is 2.56 bits per heavy atom. The van der Waals surface area contributed by atoms with E-state index in [1.54, 1.807) is 0 Å². The molecule has 3 atom stereocenters. The van der Waals surface area contributed by atoms with Crippen molar-refractivity contribution in [1.29, 1.82) is 0 Å². The Balaban J connectivity index is 1.80. The van der Waals surface area contributed by atoms with Gasteiger partial charge in [-0.15, -0.1) is 0 Å². The lowest BCUT2D eigenvalue weighted by molar-refractivity contribution is 0.118. The van der Waals surface area contributed by atoms with Crippen molar-refractivity contribution in [2.24, 2.45) is 11.3 Å². The molecule has 1 N–H and O–H groups in total. The summed E-state index contributed by atoms with van der Waals surface area (Å²) in [5, 5.41) is 3.85. The van der Waals surface area contributed by atoms with Crippen LogP contribution < -0.4 is 5.32 Å². The molecule has 2 nitrogen and oxygen atoms in total. The fraction of sp³-hybridized carbons (Fsp3) is 1.00. The van der Waals surface area contributed by atoms with Gasteiger partial charge in [0.25, 0.3) is 0 Å². The molecule has 2 aliphatic rings. The molecule has 2 heteroatoms. The van der Waals surface area contributed by atoms with Gasteiger partial charge in [-0.25, -0.2) is 0 Å². The number of piperidine rings is 1. The second kappa shape index (κ2) is 4.66.